The van der Waals surface area contributed by atoms with Crippen molar-refractivity contribution in [2.75, 3.05) is 24.2 Å². The Balaban J connectivity index is 1.79. The molecule has 190 valence electrons. The summed E-state index contributed by atoms with van der Waals surface area (Å²) in [7, 11) is -2.30. The van der Waals surface area contributed by atoms with Gasteiger partial charge in [0.05, 0.1) is 11.9 Å². The van der Waals surface area contributed by atoms with Gasteiger partial charge in [-0.15, -0.1) is 0 Å². The van der Waals surface area contributed by atoms with E-state index in [1.165, 1.54) is 11.9 Å². The average molecular weight is 510 g/mol. The third-order valence-corrected chi connectivity index (χ3v) is 6.80. The molecule has 0 heterocycles. The number of ether oxygens (including phenoxy) is 1. The zero-order chi connectivity index (χ0) is 26.1. The third-order valence-electron chi connectivity index (χ3n) is 5.66. The normalized spacial score (nSPS) is 11.9. The molecule has 0 unspecified atom stereocenters. The SMILES string of the molecule is CNC(=O)[C@@H](C)N(Cc1ccccc1)C(=O)CN(c1ccc(OCc2ccccc2)cc1)S(C)(=O)=O. The van der Waals surface area contributed by atoms with Gasteiger partial charge in [-0.05, 0) is 42.3 Å². The van der Waals surface area contributed by atoms with Crippen molar-refractivity contribution in [2.45, 2.75) is 26.1 Å². The largest absolute Gasteiger partial charge is 0.489 e. The van der Waals surface area contributed by atoms with Gasteiger partial charge in [-0.25, -0.2) is 8.42 Å². The number of rotatable bonds is 11. The molecule has 36 heavy (non-hydrogen) atoms. The van der Waals surface area contributed by atoms with Crippen LogP contribution in [0.3, 0.4) is 0 Å². The van der Waals surface area contributed by atoms with Crippen molar-refractivity contribution in [1.82, 2.24) is 10.2 Å². The quantitative estimate of drug-likeness (QED) is 0.428. The molecule has 8 nitrogen and oxygen atoms in total. The van der Waals surface area contributed by atoms with Crippen LogP contribution >= 0.6 is 0 Å². The van der Waals surface area contributed by atoms with E-state index in [0.717, 1.165) is 21.7 Å². The van der Waals surface area contributed by atoms with Gasteiger partial charge in [0.1, 0.15) is 24.9 Å². The number of sulfonamides is 1. The number of carbonyl (C=O) groups is 2. The van der Waals surface area contributed by atoms with Gasteiger partial charge in [-0.2, -0.15) is 0 Å². The summed E-state index contributed by atoms with van der Waals surface area (Å²) in [6, 6.07) is 24.6. The zero-order valence-corrected chi connectivity index (χ0v) is 21.4. The van der Waals surface area contributed by atoms with Gasteiger partial charge in [0, 0.05) is 13.6 Å². The van der Waals surface area contributed by atoms with Crippen LogP contribution in [0.25, 0.3) is 0 Å². The predicted molar refractivity (Wildman–Crippen MR) is 140 cm³/mol. The highest BCUT2D eigenvalue weighted by Crippen LogP contribution is 2.23. The minimum Gasteiger partial charge on any atom is -0.489 e. The molecule has 0 aliphatic heterocycles. The van der Waals surface area contributed by atoms with Crippen molar-refractivity contribution in [3.63, 3.8) is 0 Å². The van der Waals surface area contributed by atoms with Crippen LogP contribution in [0.5, 0.6) is 5.75 Å². The molecule has 9 heteroatoms. The monoisotopic (exact) mass is 509 g/mol. The number of anilines is 1. The van der Waals surface area contributed by atoms with E-state index in [4.69, 9.17) is 4.74 Å². The first-order chi connectivity index (χ1) is 17.2. The molecular weight excluding hydrogens is 478 g/mol. The average Bonchev–Trinajstić information content (AvgIpc) is 2.89. The number of likely N-dealkylation sites (N-methyl/N-ethyl adjacent to an activating group) is 1. The summed E-state index contributed by atoms with van der Waals surface area (Å²) in [6.45, 7) is 1.71. The molecule has 0 bridgehead atoms. The van der Waals surface area contributed by atoms with Gasteiger partial charge in [0.25, 0.3) is 0 Å². The van der Waals surface area contributed by atoms with Crippen LogP contribution in [0.1, 0.15) is 18.1 Å². The first-order valence-electron chi connectivity index (χ1n) is 11.5. The fourth-order valence-electron chi connectivity index (χ4n) is 3.63. The number of hydrogen-bond acceptors (Lipinski definition) is 5. The van der Waals surface area contributed by atoms with Crippen molar-refractivity contribution < 1.29 is 22.7 Å². The first kappa shape index (κ1) is 26.7. The summed E-state index contributed by atoms with van der Waals surface area (Å²) < 4.78 is 32.1. The van der Waals surface area contributed by atoms with Crippen molar-refractivity contribution in [3.8, 4) is 5.75 Å². The number of amides is 2. The Morgan fingerprint density at radius 3 is 1.97 bits per heavy atom. The molecule has 0 saturated carbocycles. The molecular formula is C27H31N3O5S. The first-order valence-corrected chi connectivity index (χ1v) is 13.3. The molecule has 3 aromatic rings. The van der Waals surface area contributed by atoms with Gasteiger partial charge in [0.2, 0.25) is 21.8 Å². The van der Waals surface area contributed by atoms with Crippen molar-refractivity contribution >= 4 is 27.5 Å². The van der Waals surface area contributed by atoms with Crippen LogP contribution in [0.2, 0.25) is 0 Å². The molecule has 3 aromatic carbocycles. The molecule has 2 amide bonds. The minimum atomic E-state index is -3.79. The maximum atomic E-state index is 13.4. The molecule has 0 saturated heterocycles. The lowest BCUT2D eigenvalue weighted by atomic mass is 10.1. The van der Waals surface area contributed by atoms with Gasteiger partial charge in [-0.1, -0.05) is 60.7 Å². The Morgan fingerprint density at radius 1 is 0.889 bits per heavy atom. The van der Waals surface area contributed by atoms with E-state index in [2.05, 4.69) is 5.32 Å². The maximum absolute atomic E-state index is 13.4. The van der Waals surface area contributed by atoms with Gasteiger partial charge in [-0.3, -0.25) is 13.9 Å². The lowest BCUT2D eigenvalue weighted by Gasteiger charge is -2.31. The number of hydrogen-bond donors (Lipinski definition) is 1. The highest BCUT2D eigenvalue weighted by atomic mass is 32.2. The van der Waals surface area contributed by atoms with E-state index in [9.17, 15) is 18.0 Å². The van der Waals surface area contributed by atoms with Crippen LogP contribution in [-0.4, -0.2) is 51.0 Å². The number of carbonyl (C=O) groups excluding carboxylic acids is 2. The van der Waals surface area contributed by atoms with Crippen LogP contribution < -0.4 is 14.4 Å². The number of nitrogens with zero attached hydrogens (tertiary/aromatic N) is 2. The van der Waals surface area contributed by atoms with Gasteiger partial charge in [0.15, 0.2) is 0 Å². The predicted octanol–water partition coefficient (Wildman–Crippen LogP) is 3.19. The maximum Gasteiger partial charge on any atom is 0.244 e. The van der Waals surface area contributed by atoms with Gasteiger partial charge < -0.3 is 15.0 Å². The molecule has 0 aliphatic rings. The molecule has 0 aliphatic carbocycles. The van der Waals surface area contributed by atoms with E-state index in [1.807, 2.05) is 60.7 Å². The van der Waals surface area contributed by atoms with Crippen LogP contribution in [0, 0.1) is 0 Å². The Hall–Kier alpha value is -3.85. The summed E-state index contributed by atoms with van der Waals surface area (Å²) in [6.07, 6.45) is 1.05. The Bertz CT molecular complexity index is 1250. The van der Waals surface area contributed by atoms with Crippen molar-refractivity contribution in [3.05, 3.63) is 96.1 Å². The Kier molecular flexibility index (Phi) is 9.08. The molecule has 0 aromatic heterocycles. The summed E-state index contributed by atoms with van der Waals surface area (Å²) in [4.78, 5) is 27.1. The second-order valence-corrected chi connectivity index (χ2v) is 10.2. The van der Waals surface area contributed by atoms with E-state index < -0.39 is 28.5 Å². The summed E-state index contributed by atoms with van der Waals surface area (Å²) >= 11 is 0. The van der Waals surface area contributed by atoms with E-state index in [1.54, 1.807) is 31.2 Å². The molecule has 1 N–H and O–H groups in total. The zero-order valence-electron chi connectivity index (χ0n) is 20.6. The highest BCUT2D eigenvalue weighted by Gasteiger charge is 2.29. The molecule has 0 radical (unpaired) electrons. The smallest absolute Gasteiger partial charge is 0.244 e. The highest BCUT2D eigenvalue weighted by molar-refractivity contribution is 7.92. The van der Waals surface area contributed by atoms with Crippen LogP contribution in [0.4, 0.5) is 5.69 Å². The fraction of sp³-hybridized carbons (Fsp3) is 0.259. The Labute approximate surface area is 212 Å². The number of benzene rings is 3. The van der Waals surface area contributed by atoms with Gasteiger partial charge >= 0.3 is 0 Å². The standard InChI is InChI=1S/C27H31N3O5S/c1-21(27(32)28-2)29(18-22-10-6-4-7-11-22)26(31)19-30(36(3,33)34)24-14-16-25(17-15-24)35-20-23-12-8-5-9-13-23/h4-17,21H,18-20H2,1-3H3,(H,28,32)/t21-/m1/s1. The minimum absolute atomic E-state index is 0.165. The fourth-order valence-corrected chi connectivity index (χ4v) is 4.48. The molecule has 0 spiro atoms. The lowest BCUT2D eigenvalue weighted by molar-refractivity contribution is -0.139. The third kappa shape index (κ3) is 7.32. The van der Waals surface area contributed by atoms with Crippen molar-refractivity contribution in [1.29, 1.82) is 0 Å². The molecule has 0 fully saturated rings. The van der Waals surface area contributed by atoms with E-state index >= 15 is 0 Å². The summed E-state index contributed by atoms with van der Waals surface area (Å²) in [5, 5.41) is 2.55. The summed E-state index contributed by atoms with van der Waals surface area (Å²) in [5.74, 6) is -0.267. The van der Waals surface area contributed by atoms with E-state index in [-0.39, 0.29) is 12.5 Å². The Morgan fingerprint density at radius 2 is 1.44 bits per heavy atom. The lowest BCUT2D eigenvalue weighted by Crippen LogP contribution is -2.50. The van der Waals surface area contributed by atoms with Crippen LogP contribution in [-0.2, 0) is 32.8 Å². The second-order valence-electron chi connectivity index (χ2n) is 8.34. The number of nitrogens with one attached hydrogen (secondary N) is 1. The topological polar surface area (TPSA) is 96.0 Å². The van der Waals surface area contributed by atoms with E-state index in [0.29, 0.717) is 18.0 Å². The molecule has 3 rings (SSSR count). The summed E-state index contributed by atoms with van der Waals surface area (Å²) in [5.41, 5.74) is 2.16. The molecule has 1 atom stereocenters. The van der Waals surface area contributed by atoms with Crippen molar-refractivity contribution in [2.24, 2.45) is 0 Å². The second kappa shape index (κ2) is 12.2. The van der Waals surface area contributed by atoms with Crippen LogP contribution in [0.15, 0.2) is 84.9 Å².